The summed E-state index contributed by atoms with van der Waals surface area (Å²) >= 11 is 3.36. The Bertz CT molecular complexity index is 642. The van der Waals surface area contributed by atoms with Crippen molar-refractivity contribution in [3.8, 4) is 17.4 Å². The summed E-state index contributed by atoms with van der Waals surface area (Å²) in [6.45, 7) is 0.306. The zero-order chi connectivity index (χ0) is 13.8. The molecule has 0 radical (unpaired) electrons. The molecule has 2 rings (SSSR count). The molecule has 1 heterocycles. The van der Waals surface area contributed by atoms with Crippen LogP contribution in [0.3, 0.4) is 0 Å². The third kappa shape index (κ3) is 2.94. The SMILES string of the molecule is COc1c(Oc2ccc(Br)cc2CN)nc[nH]c1=O. The second kappa shape index (κ2) is 5.85. The zero-order valence-corrected chi connectivity index (χ0v) is 11.7. The fourth-order valence-corrected chi connectivity index (χ4v) is 1.94. The number of nitrogens with two attached hydrogens (primary N) is 1. The molecule has 0 aliphatic rings. The summed E-state index contributed by atoms with van der Waals surface area (Å²) in [5.41, 5.74) is 6.04. The maximum absolute atomic E-state index is 11.5. The van der Waals surface area contributed by atoms with Gasteiger partial charge in [-0.3, -0.25) is 4.79 Å². The molecule has 0 saturated heterocycles. The molecule has 0 fully saturated rings. The molecule has 1 aromatic heterocycles. The lowest BCUT2D eigenvalue weighted by molar-refractivity contribution is 0.361. The quantitative estimate of drug-likeness (QED) is 0.894. The van der Waals surface area contributed by atoms with Gasteiger partial charge in [0.2, 0.25) is 5.75 Å². The average Bonchev–Trinajstić information content (AvgIpc) is 2.41. The number of H-pyrrole nitrogens is 1. The molecule has 0 spiro atoms. The standard InChI is InChI=1S/C12H12BrN3O3/c1-18-10-11(17)15-6-16-12(10)19-9-3-2-8(13)4-7(9)5-14/h2-4,6H,5,14H2,1H3,(H,15,16,17). The molecule has 0 saturated carbocycles. The Morgan fingerprint density at radius 3 is 2.95 bits per heavy atom. The normalized spacial score (nSPS) is 10.3. The van der Waals surface area contributed by atoms with Crippen LogP contribution in [0.4, 0.5) is 0 Å². The van der Waals surface area contributed by atoms with Crippen molar-refractivity contribution < 1.29 is 9.47 Å². The van der Waals surface area contributed by atoms with E-state index in [0.29, 0.717) is 12.3 Å². The first kappa shape index (κ1) is 13.6. The Hall–Kier alpha value is -1.86. The Morgan fingerprint density at radius 1 is 1.47 bits per heavy atom. The monoisotopic (exact) mass is 325 g/mol. The second-order valence-electron chi connectivity index (χ2n) is 3.63. The van der Waals surface area contributed by atoms with Gasteiger partial charge in [0.25, 0.3) is 11.4 Å². The zero-order valence-electron chi connectivity index (χ0n) is 10.1. The highest BCUT2D eigenvalue weighted by molar-refractivity contribution is 9.10. The minimum atomic E-state index is -0.404. The second-order valence-corrected chi connectivity index (χ2v) is 4.54. The van der Waals surface area contributed by atoms with Gasteiger partial charge in [0, 0.05) is 16.6 Å². The molecule has 2 aromatic rings. The minimum Gasteiger partial charge on any atom is -0.487 e. The van der Waals surface area contributed by atoms with Crippen molar-refractivity contribution in [1.29, 1.82) is 0 Å². The number of aromatic nitrogens is 2. The Balaban J connectivity index is 2.42. The van der Waals surface area contributed by atoms with Crippen molar-refractivity contribution in [3.63, 3.8) is 0 Å². The lowest BCUT2D eigenvalue weighted by Crippen LogP contribution is -2.11. The number of nitrogens with one attached hydrogen (secondary N) is 1. The van der Waals surface area contributed by atoms with E-state index < -0.39 is 5.56 Å². The summed E-state index contributed by atoms with van der Waals surface area (Å²) in [5, 5.41) is 0. The summed E-state index contributed by atoms with van der Waals surface area (Å²) in [6, 6.07) is 5.40. The molecule has 0 unspecified atom stereocenters. The highest BCUT2D eigenvalue weighted by atomic mass is 79.9. The van der Waals surface area contributed by atoms with Gasteiger partial charge in [-0.15, -0.1) is 0 Å². The van der Waals surface area contributed by atoms with Crippen LogP contribution in [0.1, 0.15) is 5.56 Å². The van der Waals surface area contributed by atoms with Crippen LogP contribution in [0.2, 0.25) is 0 Å². The maximum Gasteiger partial charge on any atom is 0.297 e. The van der Waals surface area contributed by atoms with Gasteiger partial charge in [0.15, 0.2) is 0 Å². The van der Waals surface area contributed by atoms with E-state index in [0.717, 1.165) is 10.0 Å². The van der Waals surface area contributed by atoms with Gasteiger partial charge in [-0.05, 0) is 18.2 Å². The van der Waals surface area contributed by atoms with Crippen molar-refractivity contribution in [2.45, 2.75) is 6.54 Å². The highest BCUT2D eigenvalue weighted by Crippen LogP contribution is 2.29. The number of hydrogen-bond donors (Lipinski definition) is 2. The molecule has 0 atom stereocenters. The molecule has 100 valence electrons. The Kier molecular flexibility index (Phi) is 4.18. The largest absolute Gasteiger partial charge is 0.487 e. The molecule has 19 heavy (non-hydrogen) atoms. The first-order chi connectivity index (χ1) is 9.15. The first-order valence-electron chi connectivity index (χ1n) is 5.43. The van der Waals surface area contributed by atoms with Crippen LogP contribution < -0.4 is 20.8 Å². The van der Waals surface area contributed by atoms with Crippen molar-refractivity contribution in [1.82, 2.24) is 9.97 Å². The van der Waals surface area contributed by atoms with E-state index in [2.05, 4.69) is 25.9 Å². The first-order valence-corrected chi connectivity index (χ1v) is 6.23. The molecule has 3 N–H and O–H groups in total. The van der Waals surface area contributed by atoms with Crippen LogP contribution in [-0.2, 0) is 6.54 Å². The molecule has 0 bridgehead atoms. The summed E-state index contributed by atoms with van der Waals surface area (Å²) in [4.78, 5) is 17.9. The fraction of sp³-hybridized carbons (Fsp3) is 0.167. The Labute approximate surface area is 117 Å². The fourth-order valence-electron chi connectivity index (χ4n) is 1.53. The third-order valence-electron chi connectivity index (χ3n) is 2.43. The van der Waals surface area contributed by atoms with E-state index in [9.17, 15) is 4.79 Å². The summed E-state index contributed by atoms with van der Waals surface area (Å²) < 4.78 is 11.5. The van der Waals surface area contributed by atoms with Gasteiger partial charge >= 0.3 is 0 Å². The van der Waals surface area contributed by atoms with E-state index in [-0.39, 0.29) is 11.6 Å². The van der Waals surface area contributed by atoms with Crippen molar-refractivity contribution >= 4 is 15.9 Å². The predicted molar refractivity (Wildman–Crippen MR) is 73.5 cm³/mol. The topological polar surface area (TPSA) is 90.2 Å². The number of aromatic amines is 1. The van der Waals surface area contributed by atoms with Crippen LogP contribution in [0.15, 0.2) is 33.8 Å². The van der Waals surface area contributed by atoms with Gasteiger partial charge in [0.05, 0.1) is 13.4 Å². The number of hydrogen-bond acceptors (Lipinski definition) is 5. The summed E-state index contributed by atoms with van der Waals surface area (Å²) in [6.07, 6.45) is 1.25. The lowest BCUT2D eigenvalue weighted by atomic mass is 10.2. The molecule has 7 heteroatoms. The van der Waals surface area contributed by atoms with E-state index in [1.165, 1.54) is 13.4 Å². The number of rotatable bonds is 4. The van der Waals surface area contributed by atoms with Crippen LogP contribution in [0.5, 0.6) is 17.4 Å². The molecule has 0 aliphatic heterocycles. The van der Waals surface area contributed by atoms with Crippen LogP contribution in [0, 0.1) is 0 Å². The van der Waals surface area contributed by atoms with Gasteiger partial charge in [0.1, 0.15) is 5.75 Å². The molecule has 0 amide bonds. The predicted octanol–water partition coefficient (Wildman–Crippen LogP) is 1.79. The minimum absolute atomic E-state index is 0.0217. The molecule has 0 aliphatic carbocycles. The number of halogens is 1. The van der Waals surface area contributed by atoms with Gasteiger partial charge < -0.3 is 20.2 Å². The Morgan fingerprint density at radius 2 is 2.26 bits per heavy atom. The van der Waals surface area contributed by atoms with Crippen LogP contribution >= 0.6 is 15.9 Å². The van der Waals surface area contributed by atoms with E-state index in [1.54, 1.807) is 6.07 Å². The third-order valence-corrected chi connectivity index (χ3v) is 2.92. The maximum atomic E-state index is 11.5. The summed E-state index contributed by atoms with van der Waals surface area (Å²) in [5.74, 6) is 0.652. The molecular weight excluding hydrogens is 314 g/mol. The van der Waals surface area contributed by atoms with Crippen molar-refractivity contribution in [2.75, 3.05) is 7.11 Å². The van der Waals surface area contributed by atoms with Crippen LogP contribution in [-0.4, -0.2) is 17.1 Å². The van der Waals surface area contributed by atoms with Crippen LogP contribution in [0.25, 0.3) is 0 Å². The van der Waals surface area contributed by atoms with Gasteiger partial charge in [-0.25, -0.2) is 4.98 Å². The van der Waals surface area contributed by atoms with E-state index >= 15 is 0 Å². The number of benzene rings is 1. The molecule has 6 nitrogen and oxygen atoms in total. The lowest BCUT2D eigenvalue weighted by Gasteiger charge is -2.11. The van der Waals surface area contributed by atoms with Gasteiger partial charge in [-0.2, -0.15) is 0 Å². The molecular formula is C12H12BrN3O3. The van der Waals surface area contributed by atoms with Crippen molar-refractivity contribution in [3.05, 3.63) is 44.9 Å². The van der Waals surface area contributed by atoms with Crippen molar-refractivity contribution in [2.24, 2.45) is 5.73 Å². The number of ether oxygens (including phenoxy) is 2. The summed E-state index contributed by atoms with van der Waals surface area (Å²) in [7, 11) is 1.38. The highest BCUT2D eigenvalue weighted by Gasteiger charge is 2.13. The molecule has 1 aromatic carbocycles. The van der Waals surface area contributed by atoms with E-state index in [1.807, 2.05) is 12.1 Å². The smallest absolute Gasteiger partial charge is 0.297 e. The average molecular weight is 326 g/mol. The number of nitrogens with zero attached hydrogens (tertiary/aromatic N) is 1. The van der Waals surface area contributed by atoms with E-state index in [4.69, 9.17) is 15.2 Å². The van der Waals surface area contributed by atoms with Gasteiger partial charge in [-0.1, -0.05) is 15.9 Å². The number of methoxy groups -OCH3 is 1.